The fourth-order valence-corrected chi connectivity index (χ4v) is 3.92. The number of ether oxygens (including phenoxy) is 1. The fourth-order valence-electron chi connectivity index (χ4n) is 2.94. The van der Waals surface area contributed by atoms with Crippen LogP contribution in [0.5, 0.6) is 0 Å². The molecule has 0 aromatic carbocycles. The molecular weight excluding hydrogens is 286 g/mol. The quantitative estimate of drug-likeness (QED) is 0.791. The summed E-state index contributed by atoms with van der Waals surface area (Å²) in [5.41, 5.74) is 0. The molecule has 2 rings (SSSR count). The van der Waals surface area contributed by atoms with E-state index in [0.29, 0.717) is 31.7 Å². The molecule has 1 aromatic rings. The Morgan fingerprint density at radius 2 is 2.38 bits per heavy atom. The third-order valence-electron chi connectivity index (χ3n) is 3.96. The van der Waals surface area contributed by atoms with Crippen molar-refractivity contribution in [2.75, 3.05) is 40.4 Å². The van der Waals surface area contributed by atoms with Crippen LogP contribution < -0.4 is 10.6 Å². The second-order valence-corrected chi connectivity index (χ2v) is 6.45. The van der Waals surface area contributed by atoms with Gasteiger partial charge in [-0.05, 0) is 43.8 Å². The average molecular weight is 311 g/mol. The second-order valence-electron chi connectivity index (χ2n) is 5.47. The van der Waals surface area contributed by atoms with Crippen LogP contribution in [-0.4, -0.2) is 51.3 Å². The molecule has 1 fully saturated rings. The van der Waals surface area contributed by atoms with Gasteiger partial charge in [-0.1, -0.05) is 6.07 Å². The molecule has 1 aromatic heterocycles. The number of amides is 2. The van der Waals surface area contributed by atoms with Gasteiger partial charge in [0, 0.05) is 31.1 Å². The summed E-state index contributed by atoms with van der Waals surface area (Å²) in [5.74, 6) is 0.468. The van der Waals surface area contributed by atoms with E-state index in [1.165, 1.54) is 11.3 Å². The van der Waals surface area contributed by atoms with E-state index >= 15 is 0 Å². The van der Waals surface area contributed by atoms with E-state index in [1.54, 1.807) is 18.4 Å². The Hall–Kier alpha value is -1.11. The maximum atomic E-state index is 11.7. The first-order valence-electron chi connectivity index (χ1n) is 7.46. The van der Waals surface area contributed by atoms with E-state index in [2.05, 4.69) is 40.1 Å². The SMILES string of the molecule is COCCNC(=O)NC[C@H]1CCCN(C)[C@H]1c1cccs1. The lowest BCUT2D eigenvalue weighted by Gasteiger charge is -2.38. The minimum atomic E-state index is -0.106. The summed E-state index contributed by atoms with van der Waals surface area (Å²) in [6, 6.07) is 4.61. The van der Waals surface area contributed by atoms with Crippen LogP contribution >= 0.6 is 11.3 Å². The van der Waals surface area contributed by atoms with Crippen molar-refractivity contribution >= 4 is 17.4 Å². The molecule has 2 heterocycles. The Kier molecular flexibility index (Phi) is 6.48. The summed E-state index contributed by atoms with van der Waals surface area (Å²) in [6.07, 6.45) is 2.35. The van der Waals surface area contributed by atoms with Gasteiger partial charge in [-0.15, -0.1) is 11.3 Å². The molecule has 1 aliphatic heterocycles. The van der Waals surface area contributed by atoms with Crippen molar-refractivity contribution in [2.24, 2.45) is 5.92 Å². The number of carbonyl (C=O) groups is 1. The first-order valence-corrected chi connectivity index (χ1v) is 8.34. The molecule has 1 aliphatic rings. The number of carbonyl (C=O) groups excluding carboxylic acids is 1. The van der Waals surface area contributed by atoms with Crippen LogP contribution in [0, 0.1) is 5.92 Å². The lowest BCUT2D eigenvalue weighted by molar-refractivity contribution is 0.123. The van der Waals surface area contributed by atoms with Gasteiger partial charge in [0.15, 0.2) is 0 Å². The molecule has 0 saturated carbocycles. The average Bonchev–Trinajstić information content (AvgIpc) is 2.99. The van der Waals surface area contributed by atoms with E-state index < -0.39 is 0 Å². The van der Waals surface area contributed by atoms with Crippen molar-refractivity contribution < 1.29 is 9.53 Å². The number of likely N-dealkylation sites (tertiary alicyclic amines) is 1. The van der Waals surface area contributed by atoms with Crippen molar-refractivity contribution in [1.29, 1.82) is 0 Å². The Balaban J connectivity index is 1.86. The number of methoxy groups -OCH3 is 1. The van der Waals surface area contributed by atoms with Gasteiger partial charge in [-0.3, -0.25) is 4.90 Å². The van der Waals surface area contributed by atoms with Gasteiger partial charge in [0.2, 0.25) is 0 Å². The van der Waals surface area contributed by atoms with E-state index in [1.807, 2.05) is 0 Å². The van der Waals surface area contributed by atoms with Crippen LogP contribution in [0.2, 0.25) is 0 Å². The zero-order valence-corrected chi connectivity index (χ0v) is 13.6. The highest BCUT2D eigenvalue weighted by Gasteiger charge is 2.31. The summed E-state index contributed by atoms with van der Waals surface area (Å²) in [7, 11) is 3.80. The summed E-state index contributed by atoms with van der Waals surface area (Å²) in [5, 5.41) is 7.92. The molecule has 5 nitrogen and oxygen atoms in total. The molecule has 0 spiro atoms. The Morgan fingerprint density at radius 1 is 1.52 bits per heavy atom. The van der Waals surface area contributed by atoms with Crippen molar-refractivity contribution in [3.8, 4) is 0 Å². The lowest BCUT2D eigenvalue weighted by atomic mass is 9.88. The number of urea groups is 1. The first-order chi connectivity index (χ1) is 10.2. The molecule has 0 unspecified atom stereocenters. The molecule has 2 atom stereocenters. The maximum Gasteiger partial charge on any atom is 0.314 e. The van der Waals surface area contributed by atoms with Crippen molar-refractivity contribution in [1.82, 2.24) is 15.5 Å². The Bertz CT molecular complexity index is 425. The molecule has 2 amide bonds. The number of hydrogen-bond donors (Lipinski definition) is 2. The molecule has 0 bridgehead atoms. The van der Waals surface area contributed by atoms with Gasteiger partial charge >= 0.3 is 6.03 Å². The maximum absolute atomic E-state index is 11.7. The minimum absolute atomic E-state index is 0.106. The van der Waals surface area contributed by atoms with Gasteiger partial charge < -0.3 is 15.4 Å². The minimum Gasteiger partial charge on any atom is -0.383 e. The van der Waals surface area contributed by atoms with Crippen LogP contribution in [0.25, 0.3) is 0 Å². The molecular formula is C15H25N3O2S. The van der Waals surface area contributed by atoms with E-state index in [4.69, 9.17) is 4.74 Å². The normalized spacial score (nSPS) is 23.0. The number of hydrogen-bond acceptors (Lipinski definition) is 4. The van der Waals surface area contributed by atoms with Gasteiger partial charge in [-0.25, -0.2) is 4.79 Å². The Morgan fingerprint density at radius 3 is 3.10 bits per heavy atom. The monoisotopic (exact) mass is 311 g/mol. The zero-order valence-electron chi connectivity index (χ0n) is 12.8. The number of rotatable bonds is 6. The van der Waals surface area contributed by atoms with Crippen molar-refractivity contribution in [3.63, 3.8) is 0 Å². The van der Waals surface area contributed by atoms with Gasteiger partial charge in [0.05, 0.1) is 6.61 Å². The van der Waals surface area contributed by atoms with E-state index in [0.717, 1.165) is 13.0 Å². The van der Waals surface area contributed by atoms with Gasteiger partial charge in [0.1, 0.15) is 0 Å². The highest BCUT2D eigenvalue weighted by molar-refractivity contribution is 7.10. The summed E-state index contributed by atoms with van der Waals surface area (Å²) >= 11 is 1.80. The number of nitrogens with one attached hydrogen (secondary N) is 2. The second kappa shape index (κ2) is 8.36. The fraction of sp³-hybridized carbons (Fsp3) is 0.667. The van der Waals surface area contributed by atoms with Crippen molar-refractivity contribution in [3.05, 3.63) is 22.4 Å². The third-order valence-corrected chi connectivity index (χ3v) is 4.90. The summed E-state index contributed by atoms with van der Waals surface area (Å²) in [6.45, 7) is 2.92. The molecule has 2 N–H and O–H groups in total. The number of thiophene rings is 1. The Labute approximate surface area is 130 Å². The predicted octanol–water partition coefficient (Wildman–Crippen LogP) is 2.08. The molecule has 0 aliphatic carbocycles. The molecule has 21 heavy (non-hydrogen) atoms. The van der Waals surface area contributed by atoms with Crippen LogP contribution in [0.15, 0.2) is 17.5 Å². The smallest absolute Gasteiger partial charge is 0.314 e. The molecule has 6 heteroatoms. The predicted molar refractivity (Wildman–Crippen MR) is 85.7 cm³/mol. The topological polar surface area (TPSA) is 53.6 Å². The third kappa shape index (κ3) is 4.69. The molecule has 0 radical (unpaired) electrons. The van der Waals surface area contributed by atoms with Crippen LogP contribution in [0.3, 0.4) is 0 Å². The zero-order chi connectivity index (χ0) is 15.1. The molecule has 1 saturated heterocycles. The number of nitrogens with zero attached hydrogens (tertiary/aromatic N) is 1. The van der Waals surface area contributed by atoms with Crippen LogP contribution in [0.4, 0.5) is 4.79 Å². The van der Waals surface area contributed by atoms with Crippen LogP contribution in [0.1, 0.15) is 23.8 Å². The standard InChI is InChI=1S/C15H25N3O2S/c1-18-8-3-5-12(14(18)13-6-4-10-21-13)11-17-15(19)16-7-9-20-2/h4,6,10,12,14H,3,5,7-9,11H2,1-2H3,(H2,16,17,19)/t12-,14-/m1/s1. The molecule has 118 valence electrons. The number of piperidine rings is 1. The highest BCUT2D eigenvalue weighted by atomic mass is 32.1. The van der Waals surface area contributed by atoms with Crippen molar-refractivity contribution in [2.45, 2.75) is 18.9 Å². The van der Waals surface area contributed by atoms with E-state index in [-0.39, 0.29) is 6.03 Å². The largest absolute Gasteiger partial charge is 0.383 e. The lowest BCUT2D eigenvalue weighted by Crippen LogP contribution is -2.44. The van der Waals surface area contributed by atoms with Gasteiger partial charge in [-0.2, -0.15) is 0 Å². The first kappa shape index (κ1) is 16.3. The highest BCUT2D eigenvalue weighted by Crippen LogP contribution is 2.36. The van der Waals surface area contributed by atoms with E-state index in [9.17, 15) is 4.79 Å². The van der Waals surface area contributed by atoms with Crippen LogP contribution in [-0.2, 0) is 4.74 Å². The summed E-state index contributed by atoms with van der Waals surface area (Å²) in [4.78, 5) is 15.5. The van der Waals surface area contributed by atoms with Gasteiger partial charge in [0.25, 0.3) is 0 Å². The summed E-state index contributed by atoms with van der Waals surface area (Å²) < 4.78 is 4.92.